The molecule has 0 aliphatic heterocycles. The molecule has 8 aromatic rings. The van der Waals surface area contributed by atoms with Crippen LogP contribution in [0.3, 0.4) is 0 Å². The second-order valence-electron chi connectivity index (χ2n) is 16.4. The van der Waals surface area contributed by atoms with Crippen LogP contribution < -0.4 is 21.9 Å². The number of hydrogen-bond acceptors (Lipinski definition) is 0. The largest absolute Gasteiger partial charge is 0.207 e. The lowest BCUT2D eigenvalue weighted by atomic mass is 9.11. The van der Waals surface area contributed by atoms with Crippen LogP contribution in [-0.4, -0.2) is 14.9 Å². The van der Waals surface area contributed by atoms with E-state index < -0.39 is 234 Å². The molecule has 8 rings (SSSR count). The number of halogens is 28. The highest BCUT2D eigenvalue weighted by Crippen LogP contribution is 2.42. The van der Waals surface area contributed by atoms with E-state index in [-0.39, 0.29) is 8.80 Å². The summed E-state index contributed by atoms with van der Waals surface area (Å²) in [5.74, 6) is -104. The predicted molar refractivity (Wildman–Crippen MR) is 217 cm³/mol. The van der Waals surface area contributed by atoms with E-state index in [2.05, 4.69) is 20.8 Å². The maximum Gasteiger partial charge on any atom is 0.198 e. The van der Waals surface area contributed by atoms with Crippen molar-refractivity contribution in [1.29, 1.82) is 0 Å². The van der Waals surface area contributed by atoms with Crippen LogP contribution in [0.25, 0.3) is 43.1 Å². The second kappa shape index (κ2) is 19.6. The third-order valence-electron chi connectivity index (χ3n) is 13.0. The van der Waals surface area contributed by atoms with Crippen LogP contribution >= 0.6 is 0 Å². The molecule has 30 heteroatoms. The number of fused-ring (bicyclic) bond motifs is 4. The Balaban J connectivity index is 0.00000112. The van der Waals surface area contributed by atoms with Crippen LogP contribution in [0.15, 0.2) is 0 Å². The fourth-order valence-electron chi connectivity index (χ4n) is 9.46. The van der Waals surface area contributed by atoms with Crippen LogP contribution in [0, 0.1) is 163 Å². The number of rotatable bonds is 7. The van der Waals surface area contributed by atoms with Crippen LogP contribution in [0.5, 0.6) is 0 Å². The zero-order chi connectivity index (χ0) is 57.3. The third kappa shape index (κ3) is 7.40. The van der Waals surface area contributed by atoms with E-state index in [9.17, 15) is 17.6 Å². The number of hydrogen-bond donors (Lipinski definition) is 0. The zero-order valence-corrected chi connectivity index (χ0v) is 38.0. The molecule has 404 valence electrons. The molecule has 0 saturated carbocycles. The number of benzene rings is 8. The first-order valence-corrected chi connectivity index (χ1v) is 23.2. The Hall–Kier alpha value is -6.88. The van der Waals surface area contributed by atoms with Crippen molar-refractivity contribution in [2.24, 2.45) is 0 Å². The van der Waals surface area contributed by atoms with Gasteiger partial charge in [-0.05, 0) is 21.5 Å². The third-order valence-corrected chi connectivity index (χ3v) is 16.4. The summed E-state index contributed by atoms with van der Waals surface area (Å²) < 4.78 is 446. The fraction of sp³-hybridized carbons (Fsp3) is 0.130. The first-order chi connectivity index (χ1) is 35.3. The molecule has 0 aliphatic rings. The molecule has 0 aromatic heterocycles. The zero-order valence-electron chi connectivity index (χ0n) is 36.9. The van der Waals surface area contributed by atoms with Crippen molar-refractivity contribution in [3.05, 3.63) is 163 Å². The molecule has 0 bridgehead atoms. The smallest absolute Gasteiger partial charge is 0.198 e. The average Bonchev–Trinajstić information content (AvgIpc) is 3.39. The summed E-state index contributed by atoms with van der Waals surface area (Å²) in [5.41, 5.74) is -15.5. The van der Waals surface area contributed by atoms with E-state index in [0.29, 0.717) is 0 Å². The lowest BCUT2D eigenvalue weighted by Crippen LogP contribution is -2.79. The van der Waals surface area contributed by atoms with Crippen LogP contribution in [0.2, 0.25) is 18.1 Å². The lowest BCUT2D eigenvalue weighted by Gasteiger charge is -2.47. The summed E-state index contributed by atoms with van der Waals surface area (Å²) in [6.07, 6.45) is -8.05. The van der Waals surface area contributed by atoms with Gasteiger partial charge in [-0.3, -0.25) is 0 Å². The highest BCUT2D eigenvalue weighted by atomic mass is 28.3. The molecule has 0 nitrogen and oxygen atoms in total. The molecule has 0 fully saturated rings. The molecule has 0 saturated heterocycles. The van der Waals surface area contributed by atoms with Crippen molar-refractivity contribution >= 4 is 79.9 Å². The molecular weight excluding hydrogens is 1120 g/mol. The van der Waals surface area contributed by atoms with E-state index in [1.807, 2.05) is 0 Å². The van der Waals surface area contributed by atoms with E-state index in [0.717, 1.165) is 0 Å². The molecule has 0 N–H and O–H groups in total. The van der Waals surface area contributed by atoms with Gasteiger partial charge in [0.1, 0.15) is 29.4 Å². The van der Waals surface area contributed by atoms with Gasteiger partial charge in [0.15, 0.2) is 140 Å². The minimum absolute atomic E-state index is 0.171. The van der Waals surface area contributed by atoms with Gasteiger partial charge in [0.25, 0.3) is 0 Å². The Bertz CT molecular complexity index is 3360. The first-order valence-electron chi connectivity index (χ1n) is 20.8. The first kappa shape index (κ1) is 56.8. The van der Waals surface area contributed by atoms with Gasteiger partial charge >= 0.3 is 0 Å². The molecule has 8 aromatic carbocycles. The molecule has 0 amide bonds. The van der Waals surface area contributed by atoms with Gasteiger partial charge < -0.3 is 0 Å². The van der Waals surface area contributed by atoms with E-state index in [1.165, 1.54) is 18.1 Å². The van der Waals surface area contributed by atoms with Gasteiger partial charge in [-0.25, -0.2) is 123 Å². The summed E-state index contributed by atoms with van der Waals surface area (Å²) in [6, 6.07) is 4.48. The Labute approximate surface area is 404 Å². The molecular formula is C46H16BF28Si-. The summed E-state index contributed by atoms with van der Waals surface area (Å²) in [4.78, 5) is 0. The summed E-state index contributed by atoms with van der Waals surface area (Å²) in [7, 11) is -0.171. The minimum atomic E-state index is -8.05. The maximum atomic E-state index is 17.3. The molecule has 0 heterocycles. The molecule has 0 spiro atoms. The van der Waals surface area contributed by atoms with Crippen molar-refractivity contribution < 1.29 is 123 Å². The average molecular weight is 1140 g/mol. The van der Waals surface area contributed by atoms with Gasteiger partial charge in [0, 0.05) is 8.80 Å². The van der Waals surface area contributed by atoms with Gasteiger partial charge in [0.05, 0.1) is 21.5 Å². The van der Waals surface area contributed by atoms with Crippen molar-refractivity contribution in [3.8, 4) is 0 Å². The van der Waals surface area contributed by atoms with Gasteiger partial charge in [-0.1, -0.05) is 38.9 Å². The van der Waals surface area contributed by atoms with Crippen LogP contribution in [0.1, 0.15) is 20.8 Å². The Morgan fingerprint density at radius 3 is 0.421 bits per heavy atom. The monoisotopic (exact) mass is 1140 g/mol. The topological polar surface area (TPSA) is 0 Å². The minimum Gasteiger partial charge on any atom is -0.207 e. The van der Waals surface area contributed by atoms with Gasteiger partial charge in [-0.2, -0.15) is 0 Å². The molecule has 76 heavy (non-hydrogen) atoms. The second-order valence-corrected chi connectivity index (χ2v) is 20.6. The van der Waals surface area contributed by atoms with Crippen molar-refractivity contribution in [1.82, 2.24) is 0 Å². The van der Waals surface area contributed by atoms with Crippen molar-refractivity contribution in [2.45, 2.75) is 38.9 Å². The van der Waals surface area contributed by atoms with Crippen molar-refractivity contribution in [3.63, 3.8) is 0 Å². The van der Waals surface area contributed by atoms with E-state index in [4.69, 9.17) is 0 Å². The van der Waals surface area contributed by atoms with Crippen molar-refractivity contribution in [2.75, 3.05) is 0 Å². The molecule has 0 radical (unpaired) electrons. The van der Waals surface area contributed by atoms with Gasteiger partial charge in [0.2, 0.25) is 0 Å². The summed E-state index contributed by atoms with van der Waals surface area (Å²) in [5, 5.41) is -27.0. The summed E-state index contributed by atoms with van der Waals surface area (Å²) >= 11 is 0. The normalized spacial score (nSPS) is 12.2. The Morgan fingerprint density at radius 2 is 0.303 bits per heavy atom. The molecule has 0 atom stereocenters. The quantitative estimate of drug-likeness (QED) is 0.0646. The standard InChI is InChI=1S/C40BF28.C6H16Si/c42-13-1-5(21(50)37(66)33(13)62)17(46)29(58)25(54)9(1)41(10-2-6(18(47)30(59)26(10)55)22(51)38(67)34(63)14(2)43,11-3-7(19(48)31(60)27(11)56)23(52)39(68)35(64)15(3)44)12-4-8(20(49)32(61)28(12)57)24(53)40(69)36(65)16(4)45;1-4-7(5-2)6-3/h;7H,4-6H2,1-3H3/q-1;. The highest BCUT2D eigenvalue weighted by molar-refractivity contribution is 7.23. The van der Waals surface area contributed by atoms with E-state index in [1.54, 1.807) is 0 Å². The highest BCUT2D eigenvalue weighted by Gasteiger charge is 2.52. The van der Waals surface area contributed by atoms with Crippen LogP contribution in [-0.2, 0) is 0 Å². The molecule has 0 unspecified atom stereocenters. The van der Waals surface area contributed by atoms with Crippen LogP contribution in [0.4, 0.5) is 123 Å². The SMILES string of the molecule is CC[SiH](CC)CC.Fc1c(F)c(F)c2c([B-](c3c(F)c(F)c(F)c4c(F)c(F)c(F)c(F)c34)(c3c(F)c(F)c(F)c4c(F)c(F)c(F)c(F)c34)c3c(F)c(F)c(F)c4c(F)c(F)c(F)c(F)c34)c(F)c(F)c(F)c2c1F. The van der Waals surface area contributed by atoms with Gasteiger partial charge in [-0.15, -0.1) is 21.9 Å². The van der Waals surface area contributed by atoms with E-state index >= 15 is 105 Å². The molecule has 0 aliphatic carbocycles. The fourth-order valence-corrected chi connectivity index (χ4v) is 11.2. The lowest BCUT2D eigenvalue weighted by molar-refractivity contribution is 0.410. The maximum absolute atomic E-state index is 17.3. The Kier molecular flexibility index (Phi) is 14.7. The Morgan fingerprint density at radius 1 is 0.184 bits per heavy atom. The summed E-state index contributed by atoms with van der Waals surface area (Å²) in [6.45, 7) is 6.97. The predicted octanol–water partition coefficient (Wildman–Crippen LogP) is 13.8.